The van der Waals surface area contributed by atoms with Crippen molar-refractivity contribution in [3.63, 3.8) is 0 Å². The third-order valence-electron chi connectivity index (χ3n) is 6.58. The molecule has 3 heterocycles. The molecule has 0 unspecified atom stereocenters. The molecule has 1 N–H and O–H groups in total. The van der Waals surface area contributed by atoms with Crippen molar-refractivity contribution in [1.82, 2.24) is 15.2 Å². The van der Waals surface area contributed by atoms with Gasteiger partial charge in [-0.2, -0.15) is 5.26 Å². The summed E-state index contributed by atoms with van der Waals surface area (Å²) in [5, 5.41) is 11.6. The lowest BCUT2D eigenvalue weighted by Crippen LogP contribution is -2.47. The van der Waals surface area contributed by atoms with E-state index in [9.17, 15) is 4.79 Å². The summed E-state index contributed by atoms with van der Waals surface area (Å²) < 4.78 is 5.68. The molecule has 1 aromatic heterocycles. The molecule has 1 aliphatic carbocycles. The SMILES string of the molecule is N#CCC(=O)NC1CCC(CCN2CCN(c3nccc4c3CCO4)CC2)CC1. The van der Waals surface area contributed by atoms with E-state index in [2.05, 4.69) is 20.1 Å². The lowest BCUT2D eigenvalue weighted by molar-refractivity contribution is -0.121. The van der Waals surface area contributed by atoms with Crippen molar-refractivity contribution in [2.75, 3.05) is 44.2 Å². The van der Waals surface area contributed by atoms with Gasteiger partial charge in [-0.25, -0.2) is 4.98 Å². The summed E-state index contributed by atoms with van der Waals surface area (Å²) in [4.78, 5) is 21.2. The molecule has 0 aromatic carbocycles. The highest BCUT2D eigenvalue weighted by Crippen LogP contribution is 2.32. The highest BCUT2D eigenvalue weighted by Gasteiger charge is 2.26. The zero-order valence-electron chi connectivity index (χ0n) is 17.1. The summed E-state index contributed by atoms with van der Waals surface area (Å²) in [5.74, 6) is 2.76. The van der Waals surface area contributed by atoms with Gasteiger partial charge in [0.15, 0.2) is 0 Å². The van der Waals surface area contributed by atoms with Crippen LogP contribution in [0, 0.1) is 17.2 Å². The standard InChI is InChI=1S/C22H31N5O2/c23-9-5-21(28)25-18-3-1-17(2-4-18)7-11-26-12-14-27(15-13-26)22-19-8-16-29-20(19)6-10-24-22/h6,10,17-18H,1-5,7-8,11-16H2,(H,25,28). The summed E-state index contributed by atoms with van der Waals surface area (Å²) >= 11 is 0. The number of piperazine rings is 1. The number of anilines is 1. The normalized spacial score (nSPS) is 24.4. The topological polar surface area (TPSA) is 81.5 Å². The average molecular weight is 398 g/mol. The van der Waals surface area contributed by atoms with Crippen LogP contribution in [0.2, 0.25) is 0 Å². The van der Waals surface area contributed by atoms with Gasteiger partial charge in [0.1, 0.15) is 18.0 Å². The molecule has 0 bridgehead atoms. The number of fused-ring (bicyclic) bond motifs is 1. The van der Waals surface area contributed by atoms with Gasteiger partial charge in [-0.1, -0.05) is 0 Å². The molecule has 0 spiro atoms. The van der Waals surface area contributed by atoms with Crippen molar-refractivity contribution in [2.24, 2.45) is 5.92 Å². The maximum Gasteiger partial charge on any atom is 0.234 e. The quantitative estimate of drug-likeness (QED) is 0.792. The Kier molecular flexibility index (Phi) is 6.50. The summed E-state index contributed by atoms with van der Waals surface area (Å²) in [7, 11) is 0. The molecule has 4 rings (SSSR count). The molecule has 156 valence electrons. The van der Waals surface area contributed by atoms with Crippen molar-refractivity contribution >= 4 is 11.7 Å². The third kappa shape index (κ3) is 4.99. The van der Waals surface area contributed by atoms with Crippen molar-refractivity contribution in [1.29, 1.82) is 5.26 Å². The molecule has 1 amide bonds. The molecule has 1 aromatic rings. The van der Waals surface area contributed by atoms with E-state index >= 15 is 0 Å². The van der Waals surface area contributed by atoms with Gasteiger partial charge in [-0.05, 0) is 50.6 Å². The minimum absolute atomic E-state index is 0.0275. The number of pyridine rings is 1. The number of nitrogens with one attached hydrogen (secondary N) is 1. The van der Waals surface area contributed by atoms with E-state index in [4.69, 9.17) is 10.00 Å². The molecule has 3 aliphatic rings. The Hall–Kier alpha value is -2.33. The Morgan fingerprint density at radius 2 is 2.03 bits per heavy atom. The minimum Gasteiger partial charge on any atom is -0.493 e. The Morgan fingerprint density at radius 1 is 1.24 bits per heavy atom. The average Bonchev–Trinajstić information content (AvgIpc) is 3.23. The molecule has 0 atom stereocenters. The monoisotopic (exact) mass is 397 g/mol. The lowest BCUT2D eigenvalue weighted by Gasteiger charge is -2.37. The van der Waals surface area contributed by atoms with Crippen molar-refractivity contribution < 1.29 is 9.53 Å². The fourth-order valence-corrected chi connectivity index (χ4v) is 4.86. The molecular weight excluding hydrogens is 366 g/mol. The van der Waals surface area contributed by atoms with E-state index in [0.717, 1.165) is 76.1 Å². The van der Waals surface area contributed by atoms with Crippen LogP contribution in [0.3, 0.4) is 0 Å². The van der Waals surface area contributed by atoms with Gasteiger partial charge in [0.2, 0.25) is 5.91 Å². The first-order valence-corrected chi connectivity index (χ1v) is 11.0. The highest BCUT2D eigenvalue weighted by molar-refractivity contribution is 5.78. The Bertz CT molecular complexity index is 746. The van der Waals surface area contributed by atoms with E-state index in [1.807, 2.05) is 18.3 Å². The number of aromatic nitrogens is 1. The molecule has 29 heavy (non-hydrogen) atoms. The van der Waals surface area contributed by atoms with Gasteiger partial charge in [0.25, 0.3) is 0 Å². The number of rotatable bonds is 6. The first-order chi connectivity index (χ1) is 14.2. The fourth-order valence-electron chi connectivity index (χ4n) is 4.86. The third-order valence-corrected chi connectivity index (χ3v) is 6.58. The van der Waals surface area contributed by atoms with Gasteiger partial charge >= 0.3 is 0 Å². The van der Waals surface area contributed by atoms with Crippen molar-refractivity contribution in [2.45, 2.75) is 51.0 Å². The van der Waals surface area contributed by atoms with Crippen LogP contribution < -0.4 is 15.0 Å². The number of hydrogen-bond donors (Lipinski definition) is 1. The van der Waals surface area contributed by atoms with E-state index in [0.29, 0.717) is 0 Å². The number of carbonyl (C=O) groups excluding carboxylic acids is 1. The van der Waals surface area contributed by atoms with Gasteiger partial charge in [0, 0.05) is 50.4 Å². The van der Waals surface area contributed by atoms with Crippen LogP contribution in [-0.4, -0.2) is 61.2 Å². The smallest absolute Gasteiger partial charge is 0.234 e. The van der Waals surface area contributed by atoms with Crippen LogP contribution in [0.1, 0.15) is 44.1 Å². The second-order valence-electron chi connectivity index (χ2n) is 8.45. The predicted molar refractivity (Wildman–Crippen MR) is 111 cm³/mol. The highest BCUT2D eigenvalue weighted by atomic mass is 16.5. The molecule has 2 aliphatic heterocycles. The first-order valence-electron chi connectivity index (χ1n) is 11.0. The van der Waals surface area contributed by atoms with Crippen LogP contribution in [0.5, 0.6) is 5.75 Å². The van der Waals surface area contributed by atoms with Gasteiger partial charge in [-0.15, -0.1) is 0 Å². The maximum absolute atomic E-state index is 11.6. The Labute approximate surface area is 173 Å². The minimum atomic E-state index is -0.126. The molecule has 1 saturated heterocycles. The molecule has 7 nitrogen and oxygen atoms in total. The summed E-state index contributed by atoms with van der Waals surface area (Å²) in [6.45, 7) is 6.17. The number of amides is 1. The van der Waals surface area contributed by atoms with Gasteiger partial charge in [-0.3, -0.25) is 9.69 Å². The Morgan fingerprint density at radius 3 is 2.79 bits per heavy atom. The van der Waals surface area contributed by atoms with Gasteiger partial charge < -0.3 is 15.0 Å². The van der Waals surface area contributed by atoms with E-state index in [1.165, 1.54) is 24.8 Å². The second-order valence-corrected chi connectivity index (χ2v) is 8.45. The molecule has 1 saturated carbocycles. The lowest BCUT2D eigenvalue weighted by atomic mass is 9.84. The fraction of sp³-hybridized carbons (Fsp3) is 0.682. The van der Waals surface area contributed by atoms with Crippen molar-refractivity contribution in [3.05, 3.63) is 17.8 Å². The van der Waals surface area contributed by atoms with Crippen molar-refractivity contribution in [3.8, 4) is 11.8 Å². The largest absolute Gasteiger partial charge is 0.493 e. The maximum atomic E-state index is 11.6. The summed E-state index contributed by atoms with van der Waals surface area (Å²) in [5.41, 5.74) is 1.28. The number of ether oxygens (including phenoxy) is 1. The van der Waals surface area contributed by atoms with Gasteiger partial charge in [0.05, 0.1) is 12.7 Å². The van der Waals surface area contributed by atoms with E-state index < -0.39 is 0 Å². The predicted octanol–water partition coefficient (Wildman–Crippen LogP) is 2.12. The van der Waals surface area contributed by atoms with Crippen LogP contribution in [0.15, 0.2) is 12.3 Å². The Balaban J connectivity index is 1.17. The molecule has 0 radical (unpaired) electrons. The number of hydrogen-bond acceptors (Lipinski definition) is 6. The number of carbonyl (C=O) groups is 1. The van der Waals surface area contributed by atoms with Crippen LogP contribution in [0.25, 0.3) is 0 Å². The molecule has 2 fully saturated rings. The first kappa shape index (κ1) is 20.0. The van der Waals surface area contributed by atoms with E-state index in [1.54, 1.807) is 0 Å². The molecule has 7 heteroatoms. The second kappa shape index (κ2) is 9.45. The van der Waals surface area contributed by atoms with Crippen LogP contribution in [-0.2, 0) is 11.2 Å². The number of nitriles is 1. The molecular formula is C22H31N5O2. The van der Waals surface area contributed by atoms with Crippen LogP contribution in [0.4, 0.5) is 5.82 Å². The zero-order valence-corrected chi connectivity index (χ0v) is 17.1. The summed E-state index contributed by atoms with van der Waals surface area (Å²) in [6.07, 6.45) is 8.50. The zero-order chi connectivity index (χ0) is 20.1. The van der Waals surface area contributed by atoms with E-state index in [-0.39, 0.29) is 18.4 Å². The summed E-state index contributed by atoms with van der Waals surface area (Å²) in [6, 6.07) is 4.16. The van der Waals surface area contributed by atoms with Crippen LogP contribution >= 0.6 is 0 Å². The number of nitrogens with zero attached hydrogens (tertiary/aromatic N) is 4.